The lowest BCUT2D eigenvalue weighted by molar-refractivity contribution is -0.132. The first-order valence-electron chi connectivity index (χ1n) is 9.21. The van der Waals surface area contributed by atoms with Crippen molar-refractivity contribution >= 4 is 5.97 Å². The van der Waals surface area contributed by atoms with Gasteiger partial charge >= 0.3 is 5.97 Å². The Labute approximate surface area is 162 Å². The van der Waals surface area contributed by atoms with E-state index in [1.165, 1.54) is 25.3 Å². The molecule has 4 nitrogen and oxygen atoms in total. The third-order valence-electron chi connectivity index (χ3n) is 3.84. The number of carboxylic acid groups (broad SMARTS) is 1. The SMILES string of the molecule is C=C(C)C(=O)O.COCCCCCCOc1ccccc1-c1ccccc1. The molecule has 0 saturated carbocycles. The average Bonchev–Trinajstić information content (AvgIpc) is 2.69. The molecule has 2 aromatic carbocycles. The molecule has 4 heteroatoms. The molecule has 0 bridgehead atoms. The molecule has 0 heterocycles. The van der Waals surface area contributed by atoms with Crippen LogP contribution in [-0.2, 0) is 9.53 Å². The molecule has 0 aromatic heterocycles. The van der Waals surface area contributed by atoms with Gasteiger partial charge in [-0.2, -0.15) is 0 Å². The summed E-state index contributed by atoms with van der Waals surface area (Å²) in [5.41, 5.74) is 2.54. The van der Waals surface area contributed by atoms with Crippen LogP contribution in [0.1, 0.15) is 32.6 Å². The van der Waals surface area contributed by atoms with Crippen LogP contribution in [0.5, 0.6) is 5.75 Å². The second-order valence-electron chi connectivity index (χ2n) is 6.20. The van der Waals surface area contributed by atoms with Gasteiger partial charge in [-0.25, -0.2) is 4.79 Å². The Kier molecular flexibility index (Phi) is 11.3. The summed E-state index contributed by atoms with van der Waals surface area (Å²) in [6.45, 7) is 6.24. The summed E-state index contributed by atoms with van der Waals surface area (Å²) in [4.78, 5) is 9.60. The van der Waals surface area contributed by atoms with E-state index in [-0.39, 0.29) is 5.57 Å². The van der Waals surface area contributed by atoms with Crippen molar-refractivity contribution in [2.45, 2.75) is 32.6 Å². The van der Waals surface area contributed by atoms with Crippen LogP contribution in [0, 0.1) is 0 Å². The third kappa shape index (κ3) is 9.61. The van der Waals surface area contributed by atoms with Crippen molar-refractivity contribution in [3.63, 3.8) is 0 Å². The molecule has 0 spiro atoms. The standard InChI is InChI=1S/C19H24O2.C4H6O2/c1-20-15-9-2-3-10-16-21-19-14-8-7-13-18(19)17-11-5-4-6-12-17;1-3(2)4(5)6/h4-8,11-14H,2-3,9-10,15-16H2,1H3;1H2,2H3,(H,5,6). The van der Waals surface area contributed by atoms with E-state index in [2.05, 4.69) is 43.0 Å². The highest BCUT2D eigenvalue weighted by Crippen LogP contribution is 2.29. The minimum Gasteiger partial charge on any atom is -0.493 e. The molecule has 0 aliphatic rings. The molecule has 0 aliphatic heterocycles. The average molecular weight is 370 g/mol. The van der Waals surface area contributed by atoms with Gasteiger partial charge in [0, 0.05) is 24.9 Å². The van der Waals surface area contributed by atoms with Crippen molar-refractivity contribution in [3.8, 4) is 16.9 Å². The second-order valence-corrected chi connectivity index (χ2v) is 6.20. The van der Waals surface area contributed by atoms with E-state index >= 15 is 0 Å². The van der Waals surface area contributed by atoms with E-state index in [4.69, 9.17) is 14.6 Å². The van der Waals surface area contributed by atoms with Gasteiger partial charge in [-0.15, -0.1) is 0 Å². The van der Waals surface area contributed by atoms with Crippen molar-refractivity contribution in [3.05, 3.63) is 66.7 Å². The normalized spacial score (nSPS) is 9.85. The van der Waals surface area contributed by atoms with Gasteiger partial charge in [-0.3, -0.25) is 0 Å². The minimum atomic E-state index is -0.935. The zero-order valence-electron chi connectivity index (χ0n) is 16.3. The van der Waals surface area contributed by atoms with Crippen molar-refractivity contribution < 1.29 is 19.4 Å². The van der Waals surface area contributed by atoms with Crippen molar-refractivity contribution in [1.29, 1.82) is 0 Å². The fourth-order valence-corrected chi connectivity index (χ4v) is 2.33. The summed E-state index contributed by atoms with van der Waals surface area (Å²) in [6.07, 6.45) is 4.62. The maximum atomic E-state index is 9.60. The number of aliphatic carboxylic acids is 1. The number of rotatable bonds is 10. The van der Waals surface area contributed by atoms with Crippen LogP contribution in [0.3, 0.4) is 0 Å². The lowest BCUT2D eigenvalue weighted by atomic mass is 10.1. The topological polar surface area (TPSA) is 55.8 Å². The zero-order chi connectivity index (χ0) is 19.9. The van der Waals surface area contributed by atoms with Gasteiger partial charge in [-0.05, 0) is 37.8 Å². The fourth-order valence-electron chi connectivity index (χ4n) is 2.33. The Morgan fingerprint density at radius 3 is 2.07 bits per heavy atom. The molecule has 0 saturated heterocycles. The van der Waals surface area contributed by atoms with Gasteiger partial charge in [0.2, 0.25) is 0 Å². The monoisotopic (exact) mass is 370 g/mol. The number of carbonyl (C=O) groups is 1. The van der Waals surface area contributed by atoms with Crippen LogP contribution in [0.25, 0.3) is 11.1 Å². The minimum absolute atomic E-state index is 0.176. The molecule has 27 heavy (non-hydrogen) atoms. The van der Waals surface area contributed by atoms with Crippen LogP contribution in [0.4, 0.5) is 0 Å². The molecule has 0 radical (unpaired) electrons. The van der Waals surface area contributed by atoms with Crippen LogP contribution >= 0.6 is 0 Å². The molecular weight excluding hydrogens is 340 g/mol. The smallest absolute Gasteiger partial charge is 0.330 e. The summed E-state index contributed by atoms with van der Waals surface area (Å²) in [5, 5.41) is 7.89. The van der Waals surface area contributed by atoms with Crippen molar-refractivity contribution in [2.24, 2.45) is 0 Å². The Morgan fingerprint density at radius 2 is 1.48 bits per heavy atom. The number of benzene rings is 2. The Bertz CT molecular complexity index is 668. The summed E-state index contributed by atoms with van der Waals surface area (Å²) >= 11 is 0. The van der Waals surface area contributed by atoms with E-state index in [0.717, 1.165) is 37.4 Å². The Balaban J connectivity index is 0.000000527. The highest BCUT2D eigenvalue weighted by atomic mass is 16.5. The highest BCUT2D eigenvalue weighted by Gasteiger charge is 2.04. The molecule has 1 N–H and O–H groups in total. The molecule has 146 valence electrons. The second kappa shape index (κ2) is 13.6. The Hall–Kier alpha value is -2.59. The van der Waals surface area contributed by atoms with E-state index in [9.17, 15) is 4.79 Å². The van der Waals surface area contributed by atoms with Crippen LogP contribution in [-0.4, -0.2) is 31.4 Å². The summed E-state index contributed by atoms with van der Waals surface area (Å²) in [7, 11) is 1.75. The van der Waals surface area contributed by atoms with Crippen LogP contribution < -0.4 is 4.74 Å². The molecule has 0 unspecified atom stereocenters. The van der Waals surface area contributed by atoms with E-state index in [0.29, 0.717) is 0 Å². The highest BCUT2D eigenvalue weighted by molar-refractivity contribution is 5.84. The van der Waals surface area contributed by atoms with Gasteiger partial charge in [0.15, 0.2) is 0 Å². The number of methoxy groups -OCH3 is 1. The summed E-state index contributed by atoms with van der Waals surface area (Å²) in [6, 6.07) is 18.6. The summed E-state index contributed by atoms with van der Waals surface area (Å²) < 4.78 is 11.0. The van der Waals surface area contributed by atoms with Gasteiger partial charge < -0.3 is 14.6 Å². The number of para-hydroxylation sites is 1. The molecular formula is C23H30O4. The molecule has 0 aliphatic carbocycles. The third-order valence-corrected chi connectivity index (χ3v) is 3.84. The summed E-state index contributed by atoms with van der Waals surface area (Å²) in [5.74, 6) is 0.0376. The van der Waals surface area contributed by atoms with E-state index in [1.807, 2.05) is 18.2 Å². The largest absolute Gasteiger partial charge is 0.493 e. The van der Waals surface area contributed by atoms with Crippen LogP contribution in [0.15, 0.2) is 66.7 Å². The van der Waals surface area contributed by atoms with Crippen molar-refractivity contribution in [1.82, 2.24) is 0 Å². The van der Waals surface area contributed by atoms with Crippen molar-refractivity contribution in [2.75, 3.05) is 20.3 Å². The predicted molar refractivity (Wildman–Crippen MR) is 110 cm³/mol. The quantitative estimate of drug-likeness (QED) is 0.438. The molecule has 2 rings (SSSR count). The van der Waals surface area contributed by atoms with E-state index < -0.39 is 5.97 Å². The van der Waals surface area contributed by atoms with Gasteiger partial charge in [0.1, 0.15) is 5.75 Å². The molecule has 2 aromatic rings. The first kappa shape index (κ1) is 22.5. The number of unbranched alkanes of at least 4 members (excludes halogenated alkanes) is 3. The lowest BCUT2D eigenvalue weighted by Gasteiger charge is -2.11. The predicted octanol–water partition coefficient (Wildman–Crippen LogP) is 5.59. The van der Waals surface area contributed by atoms with Crippen LogP contribution in [0.2, 0.25) is 0 Å². The molecule has 0 fully saturated rings. The maximum Gasteiger partial charge on any atom is 0.330 e. The van der Waals surface area contributed by atoms with Gasteiger partial charge in [0.05, 0.1) is 6.61 Å². The number of hydrogen-bond acceptors (Lipinski definition) is 3. The zero-order valence-corrected chi connectivity index (χ0v) is 16.3. The molecule has 0 atom stereocenters. The Morgan fingerprint density at radius 1 is 0.926 bits per heavy atom. The number of ether oxygens (including phenoxy) is 2. The van der Waals surface area contributed by atoms with Gasteiger partial charge in [0.25, 0.3) is 0 Å². The number of hydrogen-bond donors (Lipinski definition) is 1. The number of carboxylic acids is 1. The lowest BCUT2D eigenvalue weighted by Crippen LogP contribution is -1.99. The van der Waals surface area contributed by atoms with Gasteiger partial charge in [-0.1, -0.05) is 61.5 Å². The fraction of sp³-hybridized carbons (Fsp3) is 0.348. The first-order chi connectivity index (χ1) is 13.1. The first-order valence-corrected chi connectivity index (χ1v) is 9.21. The maximum absolute atomic E-state index is 9.60. The van der Waals surface area contributed by atoms with E-state index in [1.54, 1.807) is 7.11 Å². The molecule has 0 amide bonds.